The molecule has 0 unspecified atom stereocenters. The molecule has 0 amide bonds. The average Bonchev–Trinajstić information content (AvgIpc) is 2.15. The quantitative estimate of drug-likeness (QED) is 0.817. The molecule has 0 aliphatic carbocycles. The molecule has 1 N–H and O–H groups in total. The number of rotatable bonds is 1. The van der Waals surface area contributed by atoms with Gasteiger partial charge in [-0.25, -0.2) is 4.79 Å². The summed E-state index contributed by atoms with van der Waals surface area (Å²) < 4.78 is 5.67. The molecule has 4 heteroatoms. The second kappa shape index (κ2) is 3.52. The molecule has 0 aromatic heterocycles. The maximum Gasteiger partial charge on any atom is 0.337 e. The largest absolute Gasteiger partial charge is 0.483 e. The summed E-state index contributed by atoms with van der Waals surface area (Å²) in [5, 5.41) is 9.14. The molecule has 1 aromatic rings. The normalized spacial score (nSPS) is 16.4. The van der Waals surface area contributed by atoms with Crippen LogP contribution in [-0.2, 0) is 0 Å². The minimum atomic E-state index is -1.04. The van der Waals surface area contributed by atoms with E-state index in [4.69, 9.17) is 21.4 Å². The van der Waals surface area contributed by atoms with Crippen LogP contribution in [-0.4, -0.2) is 16.7 Å². The van der Waals surface area contributed by atoms with Gasteiger partial charge < -0.3 is 9.84 Å². The first-order chi connectivity index (χ1) is 7.41. The van der Waals surface area contributed by atoms with Crippen LogP contribution in [0.15, 0.2) is 18.2 Å². The maximum absolute atomic E-state index is 10.9. The number of halogens is 1. The standard InChI is InChI=1S/C12H11ClO3/c1-12(2)6-5-7-9(16-12)4-3-8(10(7)13)11(14)15/h3-6H,1-2H3,(H,14,15). The van der Waals surface area contributed by atoms with Crippen molar-refractivity contribution in [2.45, 2.75) is 19.4 Å². The molecule has 1 aromatic carbocycles. The predicted molar refractivity (Wildman–Crippen MR) is 62.2 cm³/mol. The fourth-order valence-corrected chi connectivity index (χ4v) is 1.89. The van der Waals surface area contributed by atoms with Crippen molar-refractivity contribution in [2.24, 2.45) is 0 Å². The highest BCUT2D eigenvalue weighted by molar-refractivity contribution is 6.35. The maximum atomic E-state index is 10.9. The average molecular weight is 239 g/mol. The molecule has 0 saturated carbocycles. The van der Waals surface area contributed by atoms with Crippen molar-refractivity contribution in [1.29, 1.82) is 0 Å². The molecule has 0 atom stereocenters. The number of carboxylic acid groups (broad SMARTS) is 1. The highest BCUT2D eigenvalue weighted by atomic mass is 35.5. The van der Waals surface area contributed by atoms with E-state index in [-0.39, 0.29) is 16.2 Å². The molecule has 1 heterocycles. The Hall–Kier alpha value is -1.48. The summed E-state index contributed by atoms with van der Waals surface area (Å²) in [6.07, 6.45) is 3.65. The summed E-state index contributed by atoms with van der Waals surface area (Å²) in [6.45, 7) is 3.84. The van der Waals surface area contributed by atoms with Crippen molar-refractivity contribution in [1.82, 2.24) is 0 Å². The molecule has 0 spiro atoms. The lowest BCUT2D eigenvalue weighted by Crippen LogP contribution is -2.27. The van der Waals surface area contributed by atoms with E-state index in [0.29, 0.717) is 11.3 Å². The highest BCUT2D eigenvalue weighted by Crippen LogP contribution is 2.37. The molecule has 0 saturated heterocycles. The summed E-state index contributed by atoms with van der Waals surface area (Å²) in [7, 11) is 0. The van der Waals surface area contributed by atoms with Crippen LogP contribution in [0.4, 0.5) is 0 Å². The lowest BCUT2D eigenvalue weighted by atomic mass is 10.0. The topological polar surface area (TPSA) is 46.5 Å². The second-order valence-corrected chi connectivity index (χ2v) is 4.56. The van der Waals surface area contributed by atoms with E-state index in [1.165, 1.54) is 6.07 Å². The first-order valence-corrected chi connectivity index (χ1v) is 5.22. The van der Waals surface area contributed by atoms with Gasteiger partial charge in [-0.3, -0.25) is 0 Å². The third-order valence-electron chi connectivity index (χ3n) is 2.39. The number of ether oxygens (including phenoxy) is 1. The van der Waals surface area contributed by atoms with Gasteiger partial charge in [0.1, 0.15) is 11.4 Å². The lowest BCUT2D eigenvalue weighted by Gasteiger charge is -2.28. The van der Waals surface area contributed by atoms with Crippen molar-refractivity contribution < 1.29 is 14.6 Å². The third-order valence-corrected chi connectivity index (χ3v) is 2.80. The van der Waals surface area contributed by atoms with Crippen molar-refractivity contribution in [3.05, 3.63) is 34.4 Å². The summed E-state index contributed by atoms with van der Waals surface area (Å²) in [6, 6.07) is 3.09. The molecule has 1 aliphatic heterocycles. The molecule has 1 aliphatic rings. The molecule has 2 rings (SSSR count). The summed E-state index contributed by atoms with van der Waals surface area (Å²) >= 11 is 6.00. The zero-order valence-corrected chi connectivity index (χ0v) is 9.71. The van der Waals surface area contributed by atoms with Crippen molar-refractivity contribution in [3.8, 4) is 5.75 Å². The zero-order chi connectivity index (χ0) is 11.9. The first kappa shape index (κ1) is 11.0. The van der Waals surface area contributed by atoms with Gasteiger partial charge in [0.05, 0.1) is 10.6 Å². The highest BCUT2D eigenvalue weighted by Gasteiger charge is 2.24. The van der Waals surface area contributed by atoms with E-state index in [2.05, 4.69) is 0 Å². The summed E-state index contributed by atoms with van der Waals surface area (Å²) in [5.74, 6) is -0.423. The van der Waals surface area contributed by atoms with Gasteiger partial charge in [-0.1, -0.05) is 11.6 Å². The fraction of sp³-hybridized carbons (Fsp3) is 0.250. The van der Waals surface area contributed by atoms with Gasteiger partial charge in [-0.05, 0) is 38.1 Å². The Morgan fingerprint density at radius 3 is 2.75 bits per heavy atom. The van der Waals surface area contributed by atoms with Gasteiger partial charge in [0.15, 0.2) is 0 Å². The number of hydrogen-bond acceptors (Lipinski definition) is 2. The molecule has 0 bridgehead atoms. The molecule has 3 nitrogen and oxygen atoms in total. The molecular formula is C12H11ClO3. The minimum Gasteiger partial charge on any atom is -0.483 e. The number of carbonyl (C=O) groups is 1. The number of fused-ring (bicyclic) bond motifs is 1. The van der Waals surface area contributed by atoms with Crippen LogP contribution in [0.25, 0.3) is 6.08 Å². The Morgan fingerprint density at radius 2 is 2.12 bits per heavy atom. The Bertz CT molecular complexity index is 489. The first-order valence-electron chi connectivity index (χ1n) is 4.85. The molecule has 0 radical (unpaired) electrons. The van der Waals surface area contributed by atoms with Crippen molar-refractivity contribution >= 4 is 23.6 Å². The van der Waals surface area contributed by atoms with E-state index in [1.807, 2.05) is 19.9 Å². The van der Waals surface area contributed by atoms with Gasteiger partial charge >= 0.3 is 5.97 Å². The molecular weight excluding hydrogens is 228 g/mol. The molecule has 84 valence electrons. The van der Waals surface area contributed by atoms with E-state index >= 15 is 0 Å². The summed E-state index contributed by atoms with van der Waals surface area (Å²) in [4.78, 5) is 10.9. The SMILES string of the molecule is CC1(C)C=Cc2c(ccc(C(=O)O)c2Cl)O1. The van der Waals surface area contributed by atoms with Gasteiger partial charge in [-0.2, -0.15) is 0 Å². The van der Waals surface area contributed by atoms with Crippen LogP contribution in [0.2, 0.25) is 5.02 Å². The predicted octanol–water partition coefficient (Wildman–Crippen LogP) is 3.22. The van der Waals surface area contributed by atoms with Gasteiger partial charge in [0, 0.05) is 5.56 Å². The smallest absolute Gasteiger partial charge is 0.337 e. The van der Waals surface area contributed by atoms with Gasteiger partial charge in [0.25, 0.3) is 0 Å². The third kappa shape index (κ3) is 1.78. The number of hydrogen-bond donors (Lipinski definition) is 1. The van der Waals surface area contributed by atoms with Gasteiger partial charge in [-0.15, -0.1) is 0 Å². The van der Waals surface area contributed by atoms with Crippen LogP contribution in [0.1, 0.15) is 29.8 Å². The molecule has 16 heavy (non-hydrogen) atoms. The summed E-state index contributed by atoms with van der Waals surface area (Å²) in [5.41, 5.74) is 0.329. The second-order valence-electron chi connectivity index (χ2n) is 4.18. The minimum absolute atomic E-state index is 0.0911. The number of benzene rings is 1. The van der Waals surface area contributed by atoms with E-state index in [1.54, 1.807) is 12.1 Å². The van der Waals surface area contributed by atoms with Crippen LogP contribution in [0, 0.1) is 0 Å². The van der Waals surface area contributed by atoms with Crippen LogP contribution in [0.3, 0.4) is 0 Å². The lowest BCUT2D eigenvalue weighted by molar-refractivity contribution is 0.0697. The Morgan fingerprint density at radius 1 is 1.44 bits per heavy atom. The van der Waals surface area contributed by atoms with Crippen molar-refractivity contribution in [2.75, 3.05) is 0 Å². The van der Waals surface area contributed by atoms with Crippen LogP contribution < -0.4 is 4.74 Å². The zero-order valence-electron chi connectivity index (χ0n) is 8.95. The number of aromatic carboxylic acids is 1. The Kier molecular flexibility index (Phi) is 2.43. The monoisotopic (exact) mass is 238 g/mol. The Balaban J connectivity index is 2.57. The van der Waals surface area contributed by atoms with Gasteiger partial charge in [0.2, 0.25) is 0 Å². The molecule has 0 fully saturated rings. The Labute approximate surface area is 98.3 Å². The van der Waals surface area contributed by atoms with Crippen molar-refractivity contribution in [3.63, 3.8) is 0 Å². The van der Waals surface area contributed by atoms with Crippen LogP contribution >= 0.6 is 11.6 Å². The van der Waals surface area contributed by atoms with Crippen LogP contribution in [0.5, 0.6) is 5.75 Å². The fourth-order valence-electron chi connectivity index (χ4n) is 1.59. The van der Waals surface area contributed by atoms with E-state index < -0.39 is 5.97 Å². The van der Waals surface area contributed by atoms with E-state index in [0.717, 1.165) is 0 Å². The number of carboxylic acids is 1. The van der Waals surface area contributed by atoms with E-state index in [9.17, 15) is 4.79 Å².